The zero-order chi connectivity index (χ0) is 14.3. The fraction of sp³-hybridized carbons (Fsp3) is 0.533. The van der Waals surface area contributed by atoms with Gasteiger partial charge in [-0.25, -0.2) is 4.68 Å². The number of nitrogens with one attached hydrogen (secondary N) is 1. The SMILES string of the molecule is c1ccc(CNCCSc2nnnn2C2CCCC2)cc1. The fourth-order valence-electron chi connectivity index (χ4n) is 2.70. The van der Waals surface area contributed by atoms with Gasteiger partial charge in [0.1, 0.15) is 0 Å². The summed E-state index contributed by atoms with van der Waals surface area (Å²) in [4.78, 5) is 0. The predicted molar refractivity (Wildman–Crippen MR) is 84.2 cm³/mol. The van der Waals surface area contributed by atoms with Crippen LogP contribution in [0.15, 0.2) is 35.5 Å². The van der Waals surface area contributed by atoms with Crippen LogP contribution in [-0.4, -0.2) is 32.5 Å². The molecular formula is C15H21N5S. The molecule has 0 atom stereocenters. The summed E-state index contributed by atoms with van der Waals surface area (Å²) >= 11 is 1.74. The van der Waals surface area contributed by atoms with E-state index in [-0.39, 0.29) is 0 Å². The van der Waals surface area contributed by atoms with Crippen LogP contribution in [0, 0.1) is 0 Å². The first-order chi connectivity index (χ1) is 10.4. The Hall–Kier alpha value is -1.40. The van der Waals surface area contributed by atoms with E-state index in [9.17, 15) is 0 Å². The molecular weight excluding hydrogens is 282 g/mol. The molecule has 0 spiro atoms. The number of hydrogen-bond donors (Lipinski definition) is 1. The second-order valence-electron chi connectivity index (χ2n) is 5.36. The van der Waals surface area contributed by atoms with Crippen LogP contribution in [0.5, 0.6) is 0 Å². The molecule has 5 nitrogen and oxygen atoms in total. The van der Waals surface area contributed by atoms with Crippen molar-refractivity contribution >= 4 is 11.8 Å². The van der Waals surface area contributed by atoms with Crippen molar-refractivity contribution in [2.45, 2.75) is 43.4 Å². The molecule has 1 heterocycles. The number of aromatic nitrogens is 4. The highest BCUT2D eigenvalue weighted by Crippen LogP contribution is 2.31. The van der Waals surface area contributed by atoms with Gasteiger partial charge in [-0.1, -0.05) is 54.9 Å². The summed E-state index contributed by atoms with van der Waals surface area (Å²) in [7, 11) is 0. The summed E-state index contributed by atoms with van der Waals surface area (Å²) in [5, 5.41) is 16.6. The van der Waals surface area contributed by atoms with E-state index in [1.807, 2.05) is 10.7 Å². The van der Waals surface area contributed by atoms with E-state index in [1.165, 1.54) is 31.2 Å². The van der Waals surface area contributed by atoms with Crippen molar-refractivity contribution in [3.63, 3.8) is 0 Å². The van der Waals surface area contributed by atoms with Crippen molar-refractivity contribution in [2.24, 2.45) is 0 Å². The van der Waals surface area contributed by atoms with Gasteiger partial charge in [0.15, 0.2) is 0 Å². The zero-order valence-electron chi connectivity index (χ0n) is 12.1. The highest BCUT2D eigenvalue weighted by atomic mass is 32.2. The van der Waals surface area contributed by atoms with Crippen LogP contribution >= 0.6 is 11.8 Å². The van der Waals surface area contributed by atoms with Gasteiger partial charge in [0.2, 0.25) is 5.16 Å². The smallest absolute Gasteiger partial charge is 0.209 e. The Balaban J connectivity index is 1.40. The Morgan fingerprint density at radius 2 is 2.00 bits per heavy atom. The van der Waals surface area contributed by atoms with Gasteiger partial charge in [-0.05, 0) is 28.8 Å². The number of benzene rings is 1. The van der Waals surface area contributed by atoms with Gasteiger partial charge in [0, 0.05) is 18.8 Å². The second-order valence-corrected chi connectivity index (χ2v) is 6.42. The monoisotopic (exact) mass is 303 g/mol. The molecule has 112 valence electrons. The Morgan fingerprint density at radius 1 is 1.19 bits per heavy atom. The van der Waals surface area contributed by atoms with E-state index >= 15 is 0 Å². The second kappa shape index (κ2) is 7.56. The predicted octanol–water partition coefficient (Wildman–Crippen LogP) is 2.67. The largest absolute Gasteiger partial charge is 0.312 e. The van der Waals surface area contributed by atoms with Crippen LogP contribution in [0.1, 0.15) is 37.3 Å². The molecule has 2 aromatic rings. The van der Waals surface area contributed by atoms with Gasteiger partial charge in [-0.3, -0.25) is 0 Å². The molecule has 1 aromatic carbocycles. The quantitative estimate of drug-likeness (QED) is 0.629. The van der Waals surface area contributed by atoms with Crippen LogP contribution in [0.4, 0.5) is 0 Å². The van der Waals surface area contributed by atoms with Crippen LogP contribution in [0.2, 0.25) is 0 Å². The molecule has 21 heavy (non-hydrogen) atoms. The van der Waals surface area contributed by atoms with Crippen molar-refractivity contribution in [3.8, 4) is 0 Å². The first-order valence-corrected chi connectivity index (χ1v) is 8.57. The molecule has 1 N–H and O–H groups in total. The Morgan fingerprint density at radius 3 is 2.81 bits per heavy atom. The summed E-state index contributed by atoms with van der Waals surface area (Å²) in [6, 6.07) is 11.0. The first-order valence-electron chi connectivity index (χ1n) is 7.59. The number of rotatable bonds is 7. The molecule has 0 bridgehead atoms. The van der Waals surface area contributed by atoms with E-state index in [0.717, 1.165) is 24.0 Å². The molecule has 1 saturated carbocycles. The average molecular weight is 303 g/mol. The molecule has 1 aliphatic rings. The van der Waals surface area contributed by atoms with Crippen molar-refractivity contribution < 1.29 is 0 Å². The number of nitrogens with zero attached hydrogens (tertiary/aromatic N) is 4. The molecule has 0 saturated heterocycles. The molecule has 1 aliphatic carbocycles. The molecule has 0 aliphatic heterocycles. The normalized spacial score (nSPS) is 15.6. The molecule has 0 unspecified atom stereocenters. The lowest BCUT2D eigenvalue weighted by Gasteiger charge is -2.10. The van der Waals surface area contributed by atoms with E-state index < -0.39 is 0 Å². The molecule has 0 amide bonds. The number of thioether (sulfide) groups is 1. The third-order valence-electron chi connectivity index (χ3n) is 3.82. The topological polar surface area (TPSA) is 55.6 Å². The minimum atomic E-state index is 0.514. The molecule has 1 fully saturated rings. The van der Waals surface area contributed by atoms with Crippen molar-refractivity contribution in [1.82, 2.24) is 25.5 Å². The maximum absolute atomic E-state index is 4.16. The third kappa shape index (κ3) is 4.04. The van der Waals surface area contributed by atoms with Crippen molar-refractivity contribution in [2.75, 3.05) is 12.3 Å². The van der Waals surface area contributed by atoms with Gasteiger partial charge in [0.25, 0.3) is 0 Å². The fourth-order valence-corrected chi connectivity index (χ4v) is 3.54. The van der Waals surface area contributed by atoms with E-state index in [4.69, 9.17) is 0 Å². The Bertz CT molecular complexity index is 536. The molecule has 1 aromatic heterocycles. The lowest BCUT2D eigenvalue weighted by atomic mass is 10.2. The minimum absolute atomic E-state index is 0.514. The van der Waals surface area contributed by atoms with Gasteiger partial charge >= 0.3 is 0 Å². The summed E-state index contributed by atoms with van der Waals surface area (Å²) in [6.07, 6.45) is 5.02. The van der Waals surface area contributed by atoms with E-state index in [0.29, 0.717) is 6.04 Å². The van der Waals surface area contributed by atoms with Gasteiger partial charge in [0.05, 0.1) is 6.04 Å². The molecule has 6 heteroatoms. The lowest BCUT2D eigenvalue weighted by Crippen LogP contribution is -2.17. The minimum Gasteiger partial charge on any atom is -0.312 e. The highest BCUT2D eigenvalue weighted by molar-refractivity contribution is 7.99. The van der Waals surface area contributed by atoms with Crippen LogP contribution < -0.4 is 5.32 Å². The summed E-state index contributed by atoms with van der Waals surface area (Å²) in [6.45, 7) is 1.87. The average Bonchev–Trinajstić information content (AvgIpc) is 3.19. The van der Waals surface area contributed by atoms with Crippen LogP contribution in [0.3, 0.4) is 0 Å². The lowest BCUT2D eigenvalue weighted by molar-refractivity contribution is 0.423. The van der Waals surface area contributed by atoms with Gasteiger partial charge < -0.3 is 5.32 Å². The summed E-state index contributed by atoms with van der Waals surface area (Å²) in [5.41, 5.74) is 1.32. The van der Waals surface area contributed by atoms with Gasteiger partial charge in [-0.2, -0.15) is 0 Å². The standard InChI is InChI=1S/C15H21N5S/c1-2-6-13(7-3-1)12-16-10-11-21-15-17-18-19-20(15)14-8-4-5-9-14/h1-3,6-7,14,16H,4-5,8-12H2. The highest BCUT2D eigenvalue weighted by Gasteiger charge is 2.21. The molecule has 3 rings (SSSR count). The maximum atomic E-state index is 4.16. The Kier molecular flexibility index (Phi) is 5.23. The first kappa shape index (κ1) is 14.5. The van der Waals surface area contributed by atoms with Crippen molar-refractivity contribution in [3.05, 3.63) is 35.9 Å². The molecule has 0 radical (unpaired) electrons. The van der Waals surface area contributed by atoms with Crippen molar-refractivity contribution in [1.29, 1.82) is 0 Å². The van der Waals surface area contributed by atoms with Crippen LogP contribution in [-0.2, 0) is 6.54 Å². The van der Waals surface area contributed by atoms with E-state index in [2.05, 4.69) is 45.1 Å². The Labute approximate surface area is 129 Å². The number of hydrogen-bond acceptors (Lipinski definition) is 5. The van der Waals surface area contributed by atoms with Crippen LogP contribution in [0.25, 0.3) is 0 Å². The maximum Gasteiger partial charge on any atom is 0.209 e. The number of tetrazole rings is 1. The van der Waals surface area contributed by atoms with Gasteiger partial charge in [-0.15, -0.1) is 5.10 Å². The summed E-state index contributed by atoms with van der Waals surface area (Å²) < 4.78 is 2.02. The van der Waals surface area contributed by atoms with E-state index in [1.54, 1.807) is 11.8 Å². The third-order valence-corrected chi connectivity index (χ3v) is 4.75. The summed E-state index contributed by atoms with van der Waals surface area (Å²) in [5.74, 6) is 0.986. The zero-order valence-corrected chi connectivity index (χ0v) is 12.9.